The van der Waals surface area contributed by atoms with Gasteiger partial charge in [-0.25, -0.2) is 0 Å². The first kappa shape index (κ1) is 28.0. The minimum absolute atomic E-state index is 0.0399. The fraction of sp³-hybridized carbons (Fsp3) is 0. The number of hydrogen-bond acceptors (Lipinski definition) is 1. The Kier molecular flexibility index (Phi) is 6.03. The molecule has 0 N–H and O–H groups in total. The van der Waals surface area contributed by atoms with E-state index in [0.717, 1.165) is 5.82 Å². The number of nitrogens with zero attached hydrogens (tertiary/aromatic N) is 4. The summed E-state index contributed by atoms with van der Waals surface area (Å²) in [5.41, 5.74) is 12.3. The van der Waals surface area contributed by atoms with E-state index in [0.29, 0.717) is 0 Å². The number of fused-ring (bicyclic) bond motifs is 7. The number of para-hydroxylation sites is 3. The second-order valence-electron chi connectivity index (χ2n) is 13.0. The molecule has 0 aliphatic carbocycles. The van der Waals surface area contributed by atoms with E-state index in [9.17, 15) is 0 Å². The van der Waals surface area contributed by atoms with E-state index in [-0.39, 0.29) is 21.9 Å². The number of rotatable bonds is 4. The summed E-state index contributed by atoms with van der Waals surface area (Å²) in [6.45, 7) is 0.0399. The Morgan fingerprint density at radius 3 is 1.78 bits per heavy atom. The first-order chi connectivity index (χ1) is 24.8. The number of aromatic nitrogens is 3. The van der Waals surface area contributed by atoms with Crippen molar-refractivity contribution < 1.29 is 0 Å². The van der Waals surface area contributed by atoms with Crippen LogP contribution in [0, 0.1) is 0 Å². The van der Waals surface area contributed by atoms with Crippen LogP contribution < -0.4 is 19.4 Å². The quantitative estimate of drug-likeness (QED) is 0.169. The van der Waals surface area contributed by atoms with Crippen LogP contribution in [-0.4, -0.2) is 35.5 Å². The predicted octanol–water partition coefficient (Wildman–Crippen LogP) is 8.26. The zero-order chi connectivity index (χ0) is 32.8. The van der Waals surface area contributed by atoms with E-state index in [4.69, 9.17) is 0 Å². The number of hydrogen-bond donors (Lipinski definition) is 0. The van der Waals surface area contributed by atoms with Crippen LogP contribution in [0.1, 0.15) is 0 Å². The summed E-state index contributed by atoms with van der Waals surface area (Å²) >= 11 is 0.121. The molecular formula is C44H29BN4Se. The number of benzene rings is 6. The van der Waals surface area contributed by atoms with Gasteiger partial charge in [0.1, 0.15) is 0 Å². The maximum atomic E-state index is 2.56. The Labute approximate surface area is 296 Å². The molecule has 0 saturated heterocycles. The van der Waals surface area contributed by atoms with Gasteiger partial charge in [-0.3, -0.25) is 0 Å². The molecule has 0 bridgehead atoms. The third-order valence-electron chi connectivity index (χ3n) is 10.3. The average Bonchev–Trinajstić information content (AvgIpc) is 3.93. The first-order valence-electron chi connectivity index (χ1n) is 17.1. The summed E-state index contributed by atoms with van der Waals surface area (Å²) in [7, 11) is 0. The second kappa shape index (κ2) is 10.8. The van der Waals surface area contributed by atoms with E-state index in [2.05, 4.69) is 195 Å². The van der Waals surface area contributed by atoms with E-state index >= 15 is 0 Å². The van der Waals surface area contributed by atoms with Crippen LogP contribution in [0.4, 0.5) is 17.2 Å². The Morgan fingerprint density at radius 2 is 1.10 bits per heavy atom. The Bertz CT molecular complexity index is 2650. The summed E-state index contributed by atoms with van der Waals surface area (Å²) < 4.78 is 10.3. The van der Waals surface area contributed by atoms with Gasteiger partial charge >= 0.3 is 298 Å². The third-order valence-corrected chi connectivity index (χ3v) is 12.7. The van der Waals surface area contributed by atoms with Crippen LogP contribution in [0.3, 0.4) is 0 Å². The topological polar surface area (TPSA) is 18.0 Å². The molecule has 6 heteroatoms. The van der Waals surface area contributed by atoms with Crippen LogP contribution in [0.15, 0.2) is 176 Å². The van der Waals surface area contributed by atoms with Crippen molar-refractivity contribution in [2.45, 2.75) is 0 Å². The Hall–Kier alpha value is -5.94. The first-order valence-corrected chi connectivity index (χ1v) is 18.8. The molecular weight excluding hydrogens is 674 g/mol. The van der Waals surface area contributed by atoms with Gasteiger partial charge in [-0.1, -0.05) is 0 Å². The van der Waals surface area contributed by atoms with E-state index in [1.165, 1.54) is 75.6 Å². The van der Waals surface area contributed by atoms with Crippen molar-refractivity contribution in [2.75, 3.05) is 4.90 Å². The average molecular weight is 704 g/mol. The Balaban J connectivity index is 1.27. The summed E-state index contributed by atoms with van der Waals surface area (Å²) in [6, 6.07) is 60.1. The normalized spacial score (nSPS) is 13.0. The third kappa shape index (κ3) is 3.95. The molecule has 11 rings (SSSR count). The van der Waals surface area contributed by atoms with Gasteiger partial charge in [0.25, 0.3) is 0 Å². The minimum atomic E-state index is 0.0399. The molecule has 234 valence electrons. The van der Waals surface area contributed by atoms with E-state index in [1.807, 2.05) is 0 Å². The fourth-order valence-electron chi connectivity index (χ4n) is 8.27. The molecule has 4 nitrogen and oxygen atoms in total. The van der Waals surface area contributed by atoms with Gasteiger partial charge in [0, 0.05) is 0 Å². The molecule has 3 aromatic heterocycles. The SMILES string of the molecule is c1ccc(-c2cccc(-c3ccccc3)c2N2c3cc(-n4c5ccccc5c5ccccc54)cc4c3B(n3cccc3[Se]4)n3cccc32)cc1. The predicted molar refractivity (Wildman–Crippen MR) is 210 cm³/mol. The molecule has 0 unspecified atom stereocenters. The molecule has 0 spiro atoms. The van der Waals surface area contributed by atoms with Gasteiger partial charge in [0.15, 0.2) is 0 Å². The van der Waals surface area contributed by atoms with Gasteiger partial charge in [0.2, 0.25) is 0 Å². The monoisotopic (exact) mass is 704 g/mol. The van der Waals surface area contributed by atoms with Crippen molar-refractivity contribution in [1.29, 1.82) is 0 Å². The second-order valence-corrected chi connectivity index (χ2v) is 15.2. The van der Waals surface area contributed by atoms with Gasteiger partial charge in [-0.2, -0.15) is 0 Å². The van der Waals surface area contributed by atoms with Gasteiger partial charge in [-0.05, 0) is 0 Å². The van der Waals surface area contributed by atoms with Crippen molar-refractivity contribution in [3.05, 3.63) is 176 Å². The summed E-state index contributed by atoms with van der Waals surface area (Å²) in [5.74, 6) is 1.16. The molecule has 50 heavy (non-hydrogen) atoms. The van der Waals surface area contributed by atoms with E-state index < -0.39 is 0 Å². The molecule has 9 aromatic rings. The van der Waals surface area contributed by atoms with Gasteiger partial charge < -0.3 is 0 Å². The molecule has 2 aliphatic heterocycles. The van der Waals surface area contributed by atoms with Crippen molar-refractivity contribution in [2.24, 2.45) is 0 Å². The van der Waals surface area contributed by atoms with Crippen LogP contribution in [0.2, 0.25) is 0 Å². The van der Waals surface area contributed by atoms with Crippen LogP contribution >= 0.6 is 0 Å². The van der Waals surface area contributed by atoms with Crippen molar-refractivity contribution in [1.82, 2.24) is 13.5 Å². The Morgan fingerprint density at radius 1 is 0.500 bits per heavy atom. The van der Waals surface area contributed by atoms with Crippen molar-refractivity contribution >= 4 is 75.5 Å². The fourth-order valence-corrected chi connectivity index (χ4v) is 10.7. The number of anilines is 3. The zero-order valence-corrected chi connectivity index (χ0v) is 28.7. The van der Waals surface area contributed by atoms with Crippen molar-refractivity contribution in [3.8, 4) is 27.9 Å². The zero-order valence-electron chi connectivity index (χ0n) is 27.0. The standard InChI is InChI=1S/C44H29BN4Se/c1-3-14-30(15-4-1)33-20-11-21-34(31-16-5-2-6-17-31)44(33)49-39-28-32(48-37-22-9-7-18-35(37)36-19-8-10-23-38(36)48)29-40-43(39)45(46-26-12-24-41(46)49)47-27-13-25-42(47)50-40/h1-29H. The van der Waals surface area contributed by atoms with E-state index in [1.54, 1.807) is 0 Å². The van der Waals surface area contributed by atoms with Gasteiger partial charge in [0.05, 0.1) is 0 Å². The molecule has 0 radical (unpaired) electrons. The van der Waals surface area contributed by atoms with Gasteiger partial charge in [-0.15, -0.1) is 0 Å². The van der Waals surface area contributed by atoms with Crippen LogP contribution in [-0.2, 0) is 0 Å². The molecule has 0 saturated carbocycles. The summed E-state index contributed by atoms with van der Waals surface area (Å²) in [6.07, 6.45) is 4.53. The maximum absolute atomic E-state index is 2.56. The summed E-state index contributed by atoms with van der Waals surface area (Å²) in [5, 5.41) is 2.55. The van der Waals surface area contributed by atoms with Crippen molar-refractivity contribution in [3.63, 3.8) is 0 Å². The van der Waals surface area contributed by atoms with Crippen LogP contribution in [0.25, 0.3) is 49.7 Å². The summed E-state index contributed by atoms with van der Waals surface area (Å²) in [4.78, 5) is 2.56. The molecule has 2 aliphatic rings. The molecule has 0 fully saturated rings. The molecule has 6 aromatic carbocycles. The van der Waals surface area contributed by atoms with Crippen LogP contribution in [0.5, 0.6) is 0 Å². The molecule has 0 atom stereocenters. The molecule has 0 amide bonds. The molecule has 5 heterocycles.